The highest BCUT2D eigenvalue weighted by molar-refractivity contribution is 7.12. The molecule has 1 unspecified atom stereocenters. The fourth-order valence-electron chi connectivity index (χ4n) is 1.10. The molecule has 94 valence electrons. The zero-order valence-corrected chi connectivity index (χ0v) is 9.14. The van der Waals surface area contributed by atoms with Gasteiger partial charge in [-0.05, 0) is 0 Å². The van der Waals surface area contributed by atoms with Crippen molar-refractivity contribution in [2.75, 3.05) is 6.61 Å². The molecule has 0 spiro atoms. The van der Waals surface area contributed by atoms with Crippen LogP contribution in [-0.4, -0.2) is 25.2 Å². The van der Waals surface area contributed by atoms with Gasteiger partial charge in [0.15, 0.2) is 0 Å². The number of rotatable bonds is 3. The number of alkyl halides is 3. The smallest absolute Gasteiger partial charge is 0.431 e. The number of carbonyl (C=O) groups excluding carboxylic acids is 1. The molecule has 0 aliphatic carbocycles. The van der Waals surface area contributed by atoms with Gasteiger partial charge in [0.25, 0.3) is 0 Å². The van der Waals surface area contributed by atoms with Crippen LogP contribution < -0.4 is 4.74 Å². The molecule has 1 saturated heterocycles. The Morgan fingerprint density at radius 1 is 1.53 bits per heavy atom. The van der Waals surface area contributed by atoms with Crippen molar-refractivity contribution in [2.45, 2.75) is 19.1 Å². The quantitative estimate of drug-likeness (QED) is 0.790. The summed E-state index contributed by atoms with van der Waals surface area (Å²) in [4.78, 5) is 11.4. The van der Waals surface area contributed by atoms with Crippen LogP contribution in [0.5, 0.6) is 5.75 Å². The van der Waals surface area contributed by atoms with Crippen molar-refractivity contribution in [3.8, 4) is 5.75 Å². The third-order valence-electron chi connectivity index (χ3n) is 1.91. The third kappa shape index (κ3) is 3.34. The molecular formula is C9H7F3O4S. The average molecular weight is 268 g/mol. The third-order valence-corrected chi connectivity index (χ3v) is 2.79. The monoisotopic (exact) mass is 268 g/mol. The molecule has 4 nitrogen and oxygen atoms in total. The van der Waals surface area contributed by atoms with E-state index in [1.807, 2.05) is 0 Å². The number of esters is 1. The predicted molar refractivity (Wildman–Crippen MR) is 50.8 cm³/mol. The van der Waals surface area contributed by atoms with Crippen LogP contribution in [0.2, 0.25) is 0 Å². The molecule has 0 bridgehead atoms. The second kappa shape index (κ2) is 4.53. The van der Waals surface area contributed by atoms with Crippen molar-refractivity contribution in [3.05, 3.63) is 16.3 Å². The highest BCUT2D eigenvalue weighted by Crippen LogP contribution is 2.28. The Bertz CT molecular complexity index is 411. The summed E-state index contributed by atoms with van der Waals surface area (Å²) in [6, 6.07) is 0.985. The van der Waals surface area contributed by atoms with E-state index in [1.165, 1.54) is 0 Å². The van der Waals surface area contributed by atoms with Crippen molar-refractivity contribution in [1.82, 2.24) is 0 Å². The molecule has 1 aliphatic heterocycles. The van der Waals surface area contributed by atoms with E-state index < -0.39 is 24.4 Å². The van der Waals surface area contributed by atoms with E-state index in [0.29, 0.717) is 13.0 Å². The van der Waals surface area contributed by atoms with E-state index in [4.69, 9.17) is 9.47 Å². The Hall–Kier alpha value is -1.28. The molecule has 0 aromatic carbocycles. The summed E-state index contributed by atoms with van der Waals surface area (Å²) in [5.74, 6) is -1.14. The minimum absolute atomic E-state index is 0.0414. The van der Waals surface area contributed by atoms with Gasteiger partial charge >= 0.3 is 12.3 Å². The van der Waals surface area contributed by atoms with Crippen LogP contribution in [0, 0.1) is 0 Å². The molecule has 2 heterocycles. The lowest BCUT2D eigenvalue weighted by Crippen LogP contribution is -2.31. The summed E-state index contributed by atoms with van der Waals surface area (Å²) in [6.45, 7) is 0.519. The van der Waals surface area contributed by atoms with E-state index in [2.05, 4.69) is 4.74 Å². The molecule has 8 heteroatoms. The van der Waals surface area contributed by atoms with Gasteiger partial charge in [-0.2, -0.15) is 0 Å². The Morgan fingerprint density at radius 2 is 2.24 bits per heavy atom. The fourth-order valence-corrected chi connectivity index (χ4v) is 1.79. The van der Waals surface area contributed by atoms with Gasteiger partial charge < -0.3 is 14.2 Å². The predicted octanol–water partition coefficient (Wildman–Crippen LogP) is 2.55. The maximum atomic E-state index is 11.9. The van der Waals surface area contributed by atoms with Crippen LogP contribution in [0.3, 0.4) is 0 Å². The maximum Gasteiger partial charge on any atom is 0.573 e. The molecule has 0 saturated carbocycles. The van der Waals surface area contributed by atoms with Gasteiger partial charge in [0, 0.05) is 17.9 Å². The first-order chi connectivity index (χ1) is 7.94. The number of hydrogen-bond acceptors (Lipinski definition) is 5. The van der Waals surface area contributed by atoms with Gasteiger partial charge in [0.2, 0.25) is 6.29 Å². The first-order valence-corrected chi connectivity index (χ1v) is 5.49. The summed E-state index contributed by atoms with van der Waals surface area (Å²) < 4.78 is 49.0. The topological polar surface area (TPSA) is 44.8 Å². The van der Waals surface area contributed by atoms with Gasteiger partial charge in [-0.15, -0.1) is 24.5 Å². The summed E-state index contributed by atoms with van der Waals surface area (Å²) in [5.41, 5.74) is 0. The lowest BCUT2D eigenvalue weighted by molar-refractivity contribution is -0.274. The van der Waals surface area contributed by atoms with Crippen LogP contribution in [0.1, 0.15) is 16.1 Å². The van der Waals surface area contributed by atoms with Gasteiger partial charge in [-0.3, -0.25) is 0 Å². The van der Waals surface area contributed by atoms with Crippen molar-refractivity contribution in [3.63, 3.8) is 0 Å². The first-order valence-electron chi connectivity index (χ1n) is 4.61. The Kier molecular flexibility index (Phi) is 3.25. The largest absolute Gasteiger partial charge is 0.573 e. The molecule has 2 rings (SSSR count). The van der Waals surface area contributed by atoms with Crippen molar-refractivity contribution >= 4 is 17.3 Å². The molecule has 1 fully saturated rings. The number of hydrogen-bond donors (Lipinski definition) is 0. The van der Waals surface area contributed by atoms with Gasteiger partial charge in [0.1, 0.15) is 10.6 Å². The van der Waals surface area contributed by atoms with Crippen LogP contribution in [0.25, 0.3) is 0 Å². The minimum Gasteiger partial charge on any atom is -0.431 e. The SMILES string of the molecule is O=C(OC1CCO1)c1cc(OC(F)(F)F)cs1. The van der Waals surface area contributed by atoms with E-state index in [9.17, 15) is 18.0 Å². The summed E-state index contributed by atoms with van der Waals surface area (Å²) >= 11 is 0.820. The van der Waals surface area contributed by atoms with Crippen molar-refractivity contribution < 1.29 is 32.2 Å². The average Bonchev–Trinajstić information content (AvgIpc) is 2.56. The van der Waals surface area contributed by atoms with Crippen LogP contribution >= 0.6 is 11.3 Å². The lowest BCUT2D eigenvalue weighted by Gasteiger charge is -2.25. The van der Waals surface area contributed by atoms with Crippen LogP contribution in [-0.2, 0) is 9.47 Å². The van der Waals surface area contributed by atoms with Gasteiger partial charge in [-0.25, -0.2) is 4.79 Å². The Labute approximate surface area is 97.9 Å². The van der Waals surface area contributed by atoms with E-state index >= 15 is 0 Å². The number of thiophene rings is 1. The number of carbonyl (C=O) groups is 1. The van der Waals surface area contributed by atoms with E-state index in [-0.39, 0.29) is 4.88 Å². The maximum absolute atomic E-state index is 11.9. The molecular weight excluding hydrogens is 261 g/mol. The zero-order valence-electron chi connectivity index (χ0n) is 8.32. The standard InChI is InChI=1S/C9H7F3O4S/c10-9(11,12)16-5-3-6(17-4-5)8(13)15-7-1-2-14-7/h3-4,7H,1-2H2. The van der Waals surface area contributed by atoms with Crippen molar-refractivity contribution in [2.24, 2.45) is 0 Å². The second-order valence-electron chi connectivity index (χ2n) is 3.19. The van der Waals surface area contributed by atoms with E-state index in [0.717, 1.165) is 22.8 Å². The second-order valence-corrected chi connectivity index (χ2v) is 4.10. The number of halogens is 3. The molecule has 1 aromatic rings. The summed E-state index contributed by atoms with van der Waals surface area (Å²) in [5, 5.41) is 1.09. The molecule has 0 amide bonds. The Balaban J connectivity index is 1.94. The van der Waals surface area contributed by atoms with Crippen molar-refractivity contribution in [1.29, 1.82) is 0 Å². The van der Waals surface area contributed by atoms with Gasteiger partial charge in [0.05, 0.1) is 6.61 Å². The molecule has 0 radical (unpaired) electrons. The molecule has 0 N–H and O–H groups in total. The van der Waals surface area contributed by atoms with Crippen LogP contribution in [0.15, 0.2) is 11.4 Å². The fraction of sp³-hybridized carbons (Fsp3) is 0.444. The van der Waals surface area contributed by atoms with Gasteiger partial charge in [-0.1, -0.05) is 0 Å². The molecule has 1 aliphatic rings. The highest BCUT2D eigenvalue weighted by atomic mass is 32.1. The molecule has 1 aromatic heterocycles. The van der Waals surface area contributed by atoms with Crippen LogP contribution in [0.4, 0.5) is 13.2 Å². The molecule has 1 atom stereocenters. The van der Waals surface area contributed by atoms with E-state index in [1.54, 1.807) is 0 Å². The zero-order chi connectivity index (χ0) is 12.5. The molecule has 17 heavy (non-hydrogen) atoms. The normalized spacial score (nSPS) is 19.6. The Morgan fingerprint density at radius 3 is 2.76 bits per heavy atom. The minimum atomic E-state index is -4.76. The number of ether oxygens (including phenoxy) is 3. The first kappa shape index (κ1) is 12.2. The lowest BCUT2D eigenvalue weighted by atomic mass is 10.3. The highest BCUT2D eigenvalue weighted by Gasteiger charge is 2.32. The summed E-state index contributed by atoms with van der Waals surface area (Å²) in [7, 11) is 0. The summed E-state index contributed by atoms with van der Waals surface area (Å²) in [6.07, 6.45) is -4.75.